The predicted octanol–water partition coefficient (Wildman–Crippen LogP) is 0.806. The number of nitrogens with one attached hydrogen (secondary N) is 2. The van der Waals surface area contributed by atoms with Crippen LogP contribution in [0.25, 0.3) is 0 Å². The van der Waals surface area contributed by atoms with E-state index in [1.165, 1.54) is 0 Å². The van der Waals surface area contributed by atoms with Gasteiger partial charge in [-0.05, 0) is 33.6 Å². The maximum atomic E-state index is 11.4. The van der Waals surface area contributed by atoms with E-state index in [9.17, 15) is 9.59 Å². The number of rotatable bonds is 4. The topological polar surface area (TPSA) is 76.7 Å². The van der Waals surface area contributed by atoms with E-state index in [1.807, 2.05) is 0 Å². The molecule has 0 aromatic rings. The van der Waals surface area contributed by atoms with E-state index in [0.717, 1.165) is 19.4 Å². The van der Waals surface area contributed by atoms with Gasteiger partial charge in [0.1, 0.15) is 5.60 Å². The number of hydrogen-bond acceptors (Lipinski definition) is 4. The zero-order valence-electron chi connectivity index (χ0n) is 11.2. The monoisotopic (exact) mass is 258 g/mol. The predicted molar refractivity (Wildman–Crippen MR) is 66.2 cm³/mol. The molecule has 1 heterocycles. The van der Waals surface area contributed by atoms with E-state index in [4.69, 9.17) is 9.47 Å². The van der Waals surface area contributed by atoms with Crippen LogP contribution in [0.2, 0.25) is 0 Å². The second-order valence-electron chi connectivity index (χ2n) is 5.29. The van der Waals surface area contributed by atoms with Crippen LogP contribution >= 0.6 is 0 Å². The lowest BCUT2D eigenvalue weighted by Crippen LogP contribution is -2.41. The highest BCUT2D eigenvalue weighted by molar-refractivity contribution is 5.82. The molecule has 1 unspecified atom stereocenters. The zero-order valence-corrected chi connectivity index (χ0v) is 11.2. The molecule has 104 valence electrons. The highest BCUT2D eigenvalue weighted by Gasteiger charge is 2.18. The lowest BCUT2D eigenvalue weighted by atomic mass is 10.2. The first-order chi connectivity index (χ1) is 8.37. The molecule has 6 nitrogen and oxygen atoms in total. The summed E-state index contributed by atoms with van der Waals surface area (Å²) in [6, 6.07) is 0. The molecule has 0 radical (unpaired) electrons. The minimum absolute atomic E-state index is 0.0817. The number of carbonyl (C=O) groups excluding carboxylic acids is 2. The van der Waals surface area contributed by atoms with Crippen molar-refractivity contribution < 1.29 is 19.1 Å². The minimum Gasteiger partial charge on any atom is -0.444 e. The van der Waals surface area contributed by atoms with E-state index < -0.39 is 11.7 Å². The second kappa shape index (κ2) is 6.58. The summed E-state index contributed by atoms with van der Waals surface area (Å²) in [6.07, 6.45) is 1.53. The first-order valence-corrected chi connectivity index (χ1v) is 6.22. The van der Waals surface area contributed by atoms with Crippen LogP contribution in [0.5, 0.6) is 0 Å². The van der Waals surface area contributed by atoms with E-state index in [-0.39, 0.29) is 18.6 Å². The maximum absolute atomic E-state index is 11.4. The summed E-state index contributed by atoms with van der Waals surface area (Å²) >= 11 is 0. The van der Waals surface area contributed by atoms with Crippen molar-refractivity contribution in [2.75, 3.05) is 19.7 Å². The van der Waals surface area contributed by atoms with Crippen molar-refractivity contribution in [2.24, 2.45) is 0 Å². The van der Waals surface area contributed by atoms with Gasteiger partial charge in [0, 0.05) is 13.2 Å². The number of alkyl carbamates (subject to hydrolysis) is 1. The molecular weight excluding hydrogens is 236 g/mol. The van der Waals surface area contributed by atoms with Gasteiger partial charge in [-0.2, -0.15) is 0 Å². The fourth-order valence-electron chi connectivity index (χ4n) is 1.56. The average molecular weight is 258 g/mol. The van der Waals surface area contributed by atoms with Gasteiger partial charge in [0.2, 0.25) is 5.91 Å². The highest BCUT2D eigenvalue weighted by Crippen LogP contribution is 2.10. The van der Waals surface area contributed by atoms with E-state index in [0.29, 0.717) is 6.54 Å². The molecule has 6 heteroatoms. The third-order valence-corrected chi connectivity index (χ3v) is 2.34. The summed E-state index contributed by atoms with van der Waals surface area (Å²) in [4.78, 5) is 22.7. The summed E-state index contributed by atoms with van der Waals surface area (Å²) in [5.74, 6) is -0.239. The Kier molecular flexibility index (Phi) is 5.40. The molecule has 1 saturated heterocycles. The lowest BCUT2D eigenvalue weighted by Gasteiger charge is -2.19. The van der Waals surface area contributed by atoms with Crippen molar-refractivity contribution in [1.29, 1.82) is 0 Å². The Labute approximate surface area is 107 Å². The van der Waals surface area contributed by atoms with Crippen molar-refractivity contribution >= 4 is 12.0 Å². The Morgan fingerprint density at radius 3 is 2.61 bits per heavy atom. The van der Waals surface area contributed by atoms with Crippen LogP contribution in [0.3, 0.4) is 0 Å². The van der Waals surface area contributed by atoms with Gasteiger partial charge in [-0.15, -0.1) is 0 Å². The van der Waals surface area contributed by atoms with Gasteiger partial charge < -0.3 is 20.1 Å². The number of hydrogen-bond donors (Lipinski definition) is 2. The van der Waals surface area contributed by atoms with E-state index >= 15 is 0 Å². The Morgan fingerprint density at radius 1 is 1.33 bits per heavy atom. The molecule has 18 heavy (non-hydrogen) atoms. The van der Waals surface area contributed by atoms with Gasteiger partial charge in [0.15, 0.2) is 0 Å². The minimum atomic E-state index is -0.588. The largest absolute Gasteiger partial charge is 0.444 e. The van der Waals surface area contributed by atoms with Crippen LogP contribution in [0.15, 0.2) is 0 Å². The summed E-state index contributed by atoms with van der Waals surface area (Å²) < 4.78 is 10.4. The van der Waals surface area contributed by atoms with Crippen LogP contribution in [-0.2, 0) is 14.3 Å². The molecule has 0 saturated carbocycles. The molecule has 1 aliphatic heterocycles. The van der Waals surface area contributed by atoms with Gasteiger partial charge >= 0.3 is 6.09 Å². The first kappa shape index (κ1) is 14.8. The molecular formula is C12H22N2O4. The SMILES string of the molecule is CC(C)(C)OC(=O)NCC(=O)NCC1CCCO1. The van der Waals surface area contributed by atoms with Gasteiger partial charge in [-0.3, -0.25) is 4.79 Å². The van der Waals surface area contributed by atoms with Gasteiger partial charge in [0.05, 0.1) is 12.6 Å². The third kappa shape index (κ3) is 6.44. The van der Waals surface area contributed by atoms with Gasteiger partial charge in [-0.1, -0.05) is 0 Å². The molecule has 0 aliphatic carbocycles. The average Bonchev–Trinajstić information content (AvgIpc) is 2.74. The molecule has 2 amide bonds. The van der Waals surface area contributed by atoms with Crippen molar-refractivity contribution in [2.45, 2.75) is 45.3 Å². The van der Waals surface area contributed by atoms with Crippen molar-refractivity contribution in [3.05, 3.63) is 0 Å². The Bertz CT molecular complexity index is 293. The maximum Gasteiger partial charge on any atom is 0.408 e. The molecule has 1 atom stereocenters. The number of ether oxygens (including phenoxy) is 2. The normalized spacial score (nSPS) is 19.4. The Balaban J connectivity index is 2.10. The van der Waals surface area contributed by atoms with Crippen LogP contribution in [0.1, 0.15) is 33.6 Å². The van der Waals surface area contributed by atoms with Crippen LogP contribution < -0.4 is 10.6 Å². The Hall–Kier alpha value is -1.30. The molecule has 0 aromatic heterocycles. The van der Waals surface area contributed by atoms with E-state index in [2.05, 4.69) is 10.6 Å². The fraction of sp³-hybridized carbons (Fsp3) is 0.833. The molecule has 1 fully saturated rings. The van der Waals surface area contributed by atoms with Crippen LogP contribution in [0, 0.1) is 0 Å². The zero-order chi connectivity index (χ0) is 13.6. The highest BCUT2D eigenvalue weighted by atomic mass is 16.6. The van der Waals surface area contributed by atoms with Crippen LogP contribution in [-0.4, -0.2) is 43.4 Å². The summed E-state index contributed by atoms with van der Waals surface area (Å²) in [5, 5.41) is 5.11. The van der Waals surface area contributed by atoms with Crippen molar-refractivity contribution in [3.63, 3.8) is 0 Å². The molecule has 2 N–H and O–H groups in total. The smallest absolute Gasteiger partial charge is 0.408 e. The quantitative estimate of drug-likeness (QED) is 0.782. The molecule has 1 rings (SSSR count). The molecule has 0 spiro atoms. The number of amides is 2. The summed E-state index contributed by atoms with van der Waals surface area (Å²) in [7, 11) is 0. The fourth-order valence-corrected chi connectivity index (χ4v) is 1.56. The molecule has 0 bridgehead atoms. The first-order valence-electron chi connectivity index (χ1n) is 6.22. The summed E-state index contributed by atoms with van der Waals surface area (Å²) in [5.41, 5.74) is -0.557. The standard InChI is InChI=1S/C12H22N2O4/c1-12(2,3)18-11(16)14-8-10(15)13-7-9-5-4-6-17-9/h9H,4-8H2,1-3H3,(H,13,15)(H,14,16). The summed E-state index contributed by atoms with van der Waals surface area (Å²) in [6.45, 7) is 6.48. The van der Waals surface area contributed by atoms with E-state index in [1.54, 1.807) is 20.8 Å². The molecule has 0 aromatic carbocycles. The van der Waals surface area contributed by atoms with Gasteiger partial charge in [0.25, 0.3) is 0 Å². The van der Waals surface area contributed by atoms with Crippen LogP contribution in [0.4, 0.5) is 4.79 Å². The van der Waals surface area contributed by atoms with Gasteiger partial charge in [-0.25, -0.2) is 4.79 Å². The van der Waals surface area contributed by atoms with Crippen molar-refractivity contribution in [1.82, 2.24) is 10.6 Å². The third-order valence-electron chi connectivity index (χ3n) is 2.34. The lowest BCUT2D eigenvalue weighted by molar-refractivity contribution is -0.120. The van der Waals surface area contributed by atoms with Crippen molar-refractivity contribution in [3.8, 4) is 0 Å². The second-order valence-corrected chi connectivity index (χ2v) is 5.29. The molecule has 1 aliphatic rings. The Morgan fingerprint density at radius 2 is 2.06 bits per heavy atom. The number of carbonyl (C=O) groups is 2.